The van der Waals surface area contributed by atoms with Crippen molar-refractivity contribution in [3.63, 3.8) is 0 Å². The molecule has 1 N–H and O–H groups in total. The molecule has 308 valence electrons. The summed E-state index contributed by atoms with van der Waals surface area (Å²) in [6.07, 6.45) is 7.47. The molecule has 0 heterocycles. The van der Waals surface area contributed by atoms with Crippen LogP contribution >= 0.6 is 0 Å². The molecule has 0 fully saturated rings. The lowest BCUT2D eigenvalue weighted by molar-refractivity contribution is -0.163. The number of hydrogen-bond donors (Lipinski definition) is 1. The molecule has 13 nitrogen and oxygen atoms in total. The number of rotatable bonds is 26. The van der Waals surface area contributed by atoms with Crippen LogP contribution in [0.25, 0.3) is 0 Å². The van der Waals surface area contributed by atoms with Crippen LogP contribution in [0.1, 0.15) is 142 Å². The number of ether oxygens (including phenoxy) is 7. The third kappa shape index (κ3) is 49.3. The molecule has 0 saturated carbocycles. The lowest BCUT2D eigenvalue weighted by Crippen LogP contribution is -2.29. The van der Waals surface area contributed by atoms with E-state index in [0.717, 1.165) is 38.5 Å². The molecule has 2 atom stereocenters. The Kier molecular flexibility index (Phi) is 61.0. The zero-order valence-corrected chi connectivity index (χ0v) is 29.7. The van der Waals surface area contributed by atoms with Gasteiger partial charge in [-0.3, -0.25) is 19.2 Å². The average Bonchev–Trinajstić information content (AvgIpc) is 3.02. The van der Waals surface area contributed by atoms with Gasteiger partial charge in [0.1, 0.15) is 19.3 Å². The average molecular weight is 743 g/mol. The monoisotopic (exact) mass is 743 g/mol. The van der Waals surface area contributed by atoms with Gasteiger partial charge in [-0.1, -0.05) is 77.3 Å². The minimum absolute atomic E-state index is 0. The van der Waals surface area contributed by atoms with Gasteiger partial charge in [-0.15, -0.1) is 6.58 Å². The van der Waals surface area contributed by atoms with Gasteiger partial charge >= 0.3 is 29.8 Å². The second kappa shape index (κ2) is 49.2. The van der Waals surface area contributed by atoms with E-state index >= 15 is 0 Å². The molecule has 0 aliphatic rings. The van der Waals surface area contributed by atoms with Crippen molar-refractivity contribution in [3.8, 4) is 0 Å². The van der Waals surface area contributed by atoms with E-state index in [0.29, 0.717) is 45.5 Å². The topological polar surface area (TPSA) is 170 Å². The molecule has 0 aromatic heterocycles. The van der Waals surface area contributed by atoms with Crippen molar-refractivity contribution < 1.29 is 62.2 Å². The Morgan fingerprint density at radius 3 is 1.45 bits per heavy atom. The number of aliphatic hydroxyl groups is 1. The molecular formula is C38H78O13. The van der Waals surface area contributed by atoms with Crippen molar-refractivity contribution in [2.45, 2.75) is 154 Å². The Morgan fingerprint density at radius 1 is 0.549 bits per heavy atom. The van der Waals surface area contributed by atoms with Crippen LogP contribution in [-0.4, -0.2) is 100 Å². The van der Waals surface area contributed by atoms with Crippen molar-refractivity contribution in [2.75, 3.05) is 52.9 Å². The zero-order chi connectivity index (χ0) is 36.1. The second-order valence-electron chi connectivity index (χ2n) is 10.2. The van der Waals surface area contributed by atoms with Gasteiger partial charge in [-0.2, -0.15) is 0 Å². The van der Waals surface area contributed by atoms with Gasteiger partial charge < -0.3 is 38.3 Å². The summed E-state index contributed by atoms with van der Waals surface area (Å²) in [5.41, 5.74) is 0. The first-order valence-corrected chi connectivity index (χ1v) is 16.8. The fourth-order valence-corrected chi connectivity index (χ4v) is 3.05. The standard InChI is InChI=1S/C15H26O5.C10H20O4.C9H16O4.4CH4/c1-4-7-10-18-11-13(20-15(17)9-6-3)12-19-14(16)8-5-2;1-3-5-10(12)14-9(7-11)8-13-6-4-2;1-3-5-8(10)13-9(11)7-12-6-4-2;;;;/h4,13H,1,5-12H2,2-3H3;9,11H,3-8H2,1-2H3;3-7H2,1-2H3;4*1H4. The van der Waals surface area contributed by atoms with E-state index in [1.807, 2.05) is 41.5 Å². The van der Waals surface area contributed by atoms with Crippen LogP contribution in [-0.2, 0) is 57.1 Å². The van der Waals surface area contributed by atoms with Gasteiger partial charge in [0, 0.05) is 38.9 Å². The summed E-state index contributed by atoms with van der Waals surface area (Å²) >= 11 is 0. The molecule has 0 spiro atoms. The summed E-state index contributed by atoms with van der Waals surface area (Å²) in [5, 5.41) is 8.89. The normalized spacial score (nSPS) is 10.5. The summed E-state index contributed by atoms with van der Waals surface area (Å²) < 4.78 is 35.1. The van der Waals surface area contributed by atoms with E-state index in [4.69, 9.17) is 33.5 Å². The highest BCUT2D eigenvalue weighted by atomic mass is 16.6. The number of carbonyl (C=O) groups is 5. The minimum Gasteiger partial charge on any atom is -0.462 e. The number of hydrogen-bond acceptors (Lipinski definition) is 13. The fraction of sp³-hybridized carbons (Fsp3) is 0.816. The molecule has 0 amide bonds. The first-order chi connectivity index (χ1) is 22.6. The summed E-state index contributed by atoms with van der Waals surface area (Å²) in [7, 11) is 0. The van der Waals surface area contributed by atoms with Crippen LogP contribution in [0.15, 0.2) is 12.7 Å². The maximum absolute atomic E-state index is 11.5. The number of esters is 5. The van der Waals surface area contributed by atoms with Crippen molar-refractivity contribution in [1.82, 2.24) is 0 Å². The largest absolute Gasteiger partial charge is 0.462 e. The van der Waals surface area contributed by atoms with Gasteiger partial charge in [0.25, 0.3) is 0 Å². The molecule has 0 aromatic carbocycles. The smallest absolute Gasteiger partial charge is 0.339 e. The Balaban J connectivity index is -0.000000113. The van der Waals surface area contributed by atoms with Crippen molar-refractivity contribution in [1.29, 1.82) is 0 Å². The Hall–Kier alpha value is -2.87. The van der Waals surface area contributed by atoms with E-state index in [9.17, 15) is 24.0 Å². The summed E-state index contributed by atoms with van der Waals surface area (Å²) in [6.45, 7) is 17.0. The molecule has 0 rings (SSSR count). The maximum atomic E-state index is 11.5. The summed E-state index contributed by atoms with van der Waals surface area (Å²) in [4.78, 5) is 55.5. The summed E-state index contributed by atoms with van der Waals surface area (Å²) in [5.74, 6) is -1.93. The van der Waals surface area contributed by atoms with Gasteiger partial charge in [0.15, 0.2) is 6.10 Å². The van der Waals surface area contributed by atoms with Gasteiger partial charge in [-0.25, -0.2) is 4.79 Å². The highest BCUT2D eigenvalue weighted by molar-refractivity contribution is 5.86. The van der Waals surface area contributed by atoms with Crippen LogP contribution < -0.4 is 0 Å². The molecule has 2 unspecified atom stereocenters. The van der Waals surface area contributed by atoms with Crippen LogP contribution in [0.2, 0.25) is 0 Å². The molecule has 51 heavy (non-hydrogen) atoms. The fourth-order valence-electron chi connectivity index (χ4n) is 3.05. The first-order valence-electron chi connectivity index (χ1n) is 16.8. The molecule has 13 heteroatoms. The highest BCUT2D eigenvalue weighted by Crippen LogP contribution is 2.03. The third-order valence-electron chi connectivity index (χ3n) is 5.26. The second-order valence-corrected chi connectivity index (χ2v) is 10.2. The lowest BCUT2D eigenvalue weighted by Gasteiger charge is -2.18. The van der Waals surface area contributed by atoms with E-state index in [1.54, 1.807) is 6.08 Å². The van der Waals surface area contributed by atoms with Crippen molar-refractivity contribution in [2.24, 2.45) is 0 Å². The minimum atomic E-state index is -0.605. The maximum Gasteiger partial charge on any atom is 0.339 e. The first kappa shape index (κ1) is 63.2. The molecule has 0 bridgehead atoms. The SMILES string of the molecule is C.C.C.C.C=CCCOCC(COC(=O)CCC)OC(=O)CCC.CCCOCC(=O)OC(=O)CCC.CCCOCC(CO)OC(=O)CCC. The van der Waals surface area contributed by atoms with Crippen molar-refractivity contribution >= 4 is 29.8 Å². The van der Waals surface area contributed by atoms with Crippen LogP contribution in [0.3, 0.4) is 0 Å². The molecule has 0 aliphatic heterocycles. The Bertz CT molecular complexity index is 803. The van der Waals surface area contributed by atoms with Crippen molar-refractivity contribution in [3.05, 3.63) is 12.7 Å². The molecule has 0 aromatic rings. The highest BCUT2D eigenvalue weighted by Gasteiger charge is 2.17. The lowest BCUT2D eigenvalue weighted by atomic mass is 10.3. The van der Waals surface area contributed by atoms with Crippen LogP contribution in [0, 0.1) is 0 Å². The molecule has 0 aliphatic carbocycles. The molecule has 0 saturated heterocycles. The van der Waals surface area contributed by atoms with Gasteiger partial charge in [0.05, 0.1) is 26.4 Å². The zero-order valence-electron chi connectivity index (χ0n) is 29.7. The van der Waals surface area contributed by atoms with E-state index in [1.165, 1.54) is 0 Å². The molecule has 0 radical (unpaired) electrons. The van der Waals surface area contributed by atoms with Crippen LogP contribution in [0.5, 0.6) is 0 Å². The number of aliphatic hydroxyl groups excluding tert-OH is 1. The van der Waals surface area contributed by atoms with E-state index in [-0.39, 0.29) is 87.1 Å². The quantitative estimate of drug-likeness (QED) is 0.0303. The van der Waals surface area contributed by atoms with Crippen LogP contribution in [0.4, 0.5) is 0 Å². The van der Waals surface area contributed by atoms with Gasteiger partial charge in [0.2, 0.25) is 0 Å². The predicted molar refractivity (Wildman–Crippen MR) is 203 cm³/mol. The molecular weight excluding hydrogens is 664 g/mol. The predicted octanol–water partition coefficient (Wildman–Crippen LogP) is 7.58. The van der Waals surface area contributed by atoms with E-state index in [2.05, 4.69) is 11.3 Å². The number of carbonyl (C=O) groups excluding carboxylic acids is 5. The Labute approximate surface area is 311 Å². The Morgan fingerprint density at radius 2 is 0.980 bits per heavy atom. The van der Waals surface area contributed by atoms with E-state index < -0.39 is 24.1 Å². The van der Waals surface area contributed by atoms with Gasteiger partial charge in [-0.05, 0) is 44.9 Å². The summed E-state index contributed by atoms with van der Waals surface area (Å²) in [6, 6.07) is 0. The third-order valence-corrected chi connectivity index (χ3v) is 5.26.